The van der Waals surface area contributed by atoms with Gasteiger partial charge in [0, 0.05) is 29.1 Å². The van der Waals surface area contributed by atoms with Crippen molar-refractivity contribution in [3.8, 4) is 0 Å². The summed E-state index contributed by atoms with van der Waals surface area (Å²) in [6.07, 6.45) is -3.08. The maximum Gasteiger partial charge on any atom is 0.456 e. The monoisotopic (exact) mass is 656 g/mol. The quantitative estimate of drug-likeness (QED) is 0.287. The number of carbonyl (C=O) groups excluding carboxylic acids is 2. The summed E-state index contributed by atoms with van der Waals surface area (Å²) < 4.78 is 71.9. The van der Waals surface area contributed by atoms with Gasteiger partial charge < -0.3 is 15.7 Å². The van der Waals surface area contributed by atoms with Crippen molar-refractivity contribution in [2.24, 2.45) is 17.3 Å². The van der Waals surface area contributed by atoms with Crippen LogP contribution in [0.3, 0.4) is 0 Å². The van der Waals surface area contributed by atoms with E-state index in [-0.39, 0.29) is 30.0 Å². The second kappa shape index (κ2) is 11.3. The number of hydrogen-bond acceptors (Lipinski definition) is 3. The number of ketones is 1. The summed E-state index contributed by atoms with van der Waals surface area (Å²) in [6, 6.07) is 14.0. The topological polar surface area (TPSA) is 78.4 Å². The van der Waals surface area contributed by atoms with Crippen molar-refractivity contribution >= 4 is 23.2 Å². The number of rotatable bonds is 4. The fourth-order valence-corrected chi connectivity index (χ4v) is 8.86. The lowest BCUT2D eigenvalue weighted by atomic mass is 9.50. The standard InChI is InChI=1S/C37H41F5N2O3/c1-33(2,3)23-8-12-25(13-9-23)44-32(46)43-24-10-5-21(6-11-24)29-20-34(4)30(17-18-35(34,47)36(38,39)37(40,41)42)28-15-7-22-19-26(45)14-16-27(22)31(28)29/h5-6,8-13,19,28-30,47H,7,14-18,20H2,1-4H3,(H2,43,44,46)/t28?,29-,30?,34+,35+/m1/s1. The van der Waals surface area contributed by atoms with E-state index in [2.05, 4.69) is 31.4 Å². The molecule has 2 aromatic rings. The average Bonchev–Trinajstić information content (AvgIpc) is 3.27. The lowest BCUT2D eigenvalue weighted by Gasteiger charge is -2.56. The maximum absolute atomic E-state index is 15.2. The van der Waals surface area contributed by atoms with Crippen LogP contribution < -0.4 is 10.6 Å². The largest absolute Gasteiger partial charge is 0.456 e. The van der Waals surface area contributed by atoms with Crippen LogP contribution in [0.1, 0.15) is 89.7 Å². The van der Waals surface area contributed by atoms with Crippen LogP contribution in [0.4, 0.5) is 38.1 Å². The molecule has 4 aliphatic rings. The fourth-order valence-electron chi connectivity index (χ4n) is 8.86. The molecule has 0 spiro atoms. The molecule has 0 saturated heterocycles. The predicted molar refractivity (Wildman–Crippen MR) is 170 cm³/mol. The number of alkyl halides is 5. The summed E-state index contributed by atoms with van der Waals surface area (Å²) in [5, 5.41) is 17.0. The number of nitrogens with one attached hydrogen (secondary N) is 2. The Bertz CT molecular complexity index is 1640. The van der Waals surface area contributed by atoms with Crippen LogP contribution in [0.25, 0.3) is 0 Å². The second-order valence-electron chi connectivity index (χ2n) is 15.0. The average molecular weight is 657 g/mol. The SMILES string of the molecule is CC(C)(C)c1ccc(NC(=O)Nc2ccc([C@H]3C[C@@]4(C)C(CC[C@@]4(O)C(F)(F)C(F)(F)F)C4CCC5=CC(=O)CCC5=C43)cc2)cc1. The molecule has 2 fully saturated rings. The molecule has 0 heterocycles. The first kappa shape index (κ1) is 33.4. The van der Waals surface area contributed by atoms with Gasteiger partial charge >= 0.3 is 18.1 Å². The molecule has 0 aromatic heterocycles. The maximum atomic E-state index is 15.2. The molecule has 47 heavy (non-hydrogen) atoms. The molecule has 0 radical (unpaired) electrons. The van der Waals surface area contributed by atoms with Crippen LogP contribution in [0.2, 0.25) is 0 Å². The van der Waals surface area contributed by atoms with Crippen LogP contribution in [0.5, 0.6) is 0 Å². The normalized spacial score (nSPS) is 29.4. The molecule has 0 bridgehead atoms. The number of allylic oxidation sites excluding steroid dienone is 4. The molecule has 5 nitrogen and oxygen atoms in total. The summed E-state index contributed by atoms with van der Waals surface area (Å²) >= 11 is 0. The number of fused-ring (bicyclic) bond motifs is 4. The Kier molecular flexibility index (Phi) is 8.01. The van der Waals surface area contributed by atoms with Gasteiger partial charge in [0.15, 0.2) is 5.78 Å². The van der Waals surface area contributed by atoms with E-state index in [4.69, 9.17) is 0 Å². The van der Waals surface area contributed by atoms with Gasteiger partial charge in [-0.3, -0.25) is 4.79 Å². The molecular weight excluding hydrogens is 615 g/mol. The van der Waals surface area contributed by atoms with E-state index in [0.29, 0.717) is 42.6 Å². The molecule has 10 heteroatoms. The molecule has 0 aliphatic heterocycles. The third kappa shape index (κ3) is 5.50. The van der Waals surface area contributed by atoms with E-state index in [0.717, 1.165) is 22.3 Å². The van der Waals surface area contributed by atoms with E-state index >= 15 is 8.78 Å². The molecule has 3 N–H and O–H groups in total. The van der Waals surface area contributed by atoms with Gasteiger partial charge in [-0.25, -0.2) is 4.79 Å². The summed E-state index contributed by atoms with van der Waals surface area (Å²) in [5.74, 6) is -6.68. The third-order valence-electron chi connectivity index (χ3n) is 11.3. The number of carbonyl (C=O) groups is 2. The molecular formula is C37H41F5N2O3. The minimum atomic E-state index is -5.90. The molecule has 4 aliphatic carbocycles. The zero-order chi connectivity index (χ0) is 34.2. The molecule has 2 unspecified atom stereocenters. The van der Waals surface area contributed by atoms with Crippen molar-refractivity contribution in [3.63, 3.8) is 0 Å². The molecule has 2 aromatic carbocycles. The lowest BCUT2D eigenvalue weighted by molar-refractivity contribution is -0.362. The van der Waals surface area contributed by atoms with Crippen molar-refractivity contribution in [1.82, 2.24) is 0 Å². The molecule has 2 amide bonds. The molecule has 6 rings (SSSR count). The number of benzene rings is 2. The van der Waals surface area contributed by atoms with Crippen LogP contribution >= 0.6 is 0 Å². The Morgan fingerprint density at radius 2 is 1.47 bits per heavy atom. The third-order valence-corrected chi connectivity index (χ3v) is 11.3. The first-order valence-electron chi connectivity index (χ1n) is 16.3. The van der Waals surface area contributed by atoms with Crippen LogP contribution in [-0.4, -0.2) is 34.6 Å². The molecule has 2 saturated carbocycles. The highest BCUT2D eigenvalue weighted by atomic mass is 19.4. The summed E-state index contributed by atoms with van der Waals surface area (Å²) in [6.45, 7) is 7.70. The second-order valence-corrected chi connectivity index (χ2v) is 15.0. The van der Waals surface area contributed by atoms with Crippen LogP contribution in [-0.2, 0) is 10.2 Å². The summed E-state index contributed by atoms with van der Waals surface area (Å²) in [5.41, 5.74) is 0.803. The van der Waals surface area contributed by atoms with Gasteiger partial charge in [-0.15, -0.1) is 0 Å². The van der Waals surface area contributed by atoms with Gasteiger partial charge in [-0.2, -0.15) is 22.0 Å². The van der Waals surface area contributed by atoms with Crippen molar-refractivity contribution < 1.29 is 36.6 Å². The zero-order valence-corrected chi connectivity index (χ0v) is 27.0. The van der Waals surface area contributed by atoms with Gasteiger partial charge in [-0.05, 0) is 108 Å². The first-order chi connectivity index (χ1) is 21.9. The van der Waals surface area contributed by atoms with Gasteiger partial charge in [-0.1, -0.05) is 57.5 Å². The summed E-state index contributed by atoms with van der Waals surface area (Å²) in [7, 11) is 0. The number of amides is 2. The van der Waals surface area contributed by atoms with E-state index in [9.17, 15) is 27.9 Å². The smallest absolute Gasteiger partial charge is 0.383 e. The fraction of sp³-hybridized carbons (Fsp3) is 0.514. The van der Waals surface area contributed by atoms with Gasteiger partial charge in [0.1, 0.15) is 5.60 Å². The number of hydrogen-bond donors (Lipinski definition) is 3. The molecule has 5 atom stereocenters. The Labute approximate surface area is 271 Å². The van der Waals surface area contributed by atoms with Crippen LogP contribution in [0, 0.1) is 17.3 Å². The number of aliphatic hydroxyl groups is 1. The van der Waals surface area contributed by atoms with Gasteiger partial charge in [0.05, 0.1) is 0 Å². The minimum Gasteiger partial charge on any atom is -0.383 e. The van der Waals surface area contributed by atoms with E-state index in [1.807, 2.05) is 24.3 Å². The van der Waals surface area contributed by atoms with E-state index < -0.39 is 47.4 Å². The summed E-state index contributed by atoms with van der Waals surface area (Å²) in [4.78, 5) is 25.1. The first-order valence-corrected chi connectivity index (χ1v) is 16.3. The Hall–Kier alpha value is -3.53. The van der Waals surface area contributed by atoms with E-state index in [1.54, 1.807) is 30.3 Å². The zero-order valence-electron chi connectivity index (χ0n) is 27.0. The number of anilines is 2. The number of halogens is 5. The Morgan fingerprint density at radius 1 is 0.872 bits per heavy atom. The van der Waals surface area contributed by atoms with Gasteiger partial charge in [0.25, 0.3) is 0 Å². The van der Waals surface area contributed by atoms with Gasteiger partial charge in [0.2, 0.25) is 0 Å². The molecule has 252 valence electrons. The van der Waals surface area contributed by atoms with Crippen LogP contribution in [0.15, 0.2) is 71.3 Å². The van der Waals surface area contributed by atoms with E-state index in [1.165, 1.54) is 6.92 Å². The number of urea groups is 1. The lowest BCUT2D eigenvalue weighted by Crippen LogP contribution is -2.65. The highest BCUT2D eigenvalue weighted by molar-refractivity contribution is 5.99. The van der Waals surface area contributed by atoms with Crippen molar-refractivity contribution in [2.75, 3.05) is 10.6 Å². The van der Waals surface area contributed by atoms with Crippen molar-refractivity contribution in [3.05, 3.63) is 82.5 Å². The predicted octanol–water partition coefficient (Wildman–Crippen LogP) is 9.46. The Morgan fingerprint density at radius 3 is 2.04 bits per heavy atom. The highest BCUT2D eigenvalue weighted by Crippen LogP contribution is 2.70. The highest BCUT2D eigenvalue weighted by Gasteiger charge is 2.79. The Balaban J connectivity index is 1.31. The van der Waals surface area contributed by atoms with Crippen molar-refractivity contribution in [2.45, 2.75) is 102 Å². The minimum absolute atomic E-state index is 0.0268. The van der Waals surface area contributed by atoms with Crippen molar-refractivity contribution in [1.29, 1.82) is 0 Å².